The monoisotopic (exact) mass is 433 g/mol. The minimum atomic E-state index is -4.53. The number of methoxy groups -OCH3 is 1. The molecule has 2 aromatic carbocycles. The second-order valence-corrected chi connectivity index (χ2v) is 6.43. The van der Waals surface area contributed by atoms with Gasteiger partial charge in [0.25, 0.3) is 5.91 Å². The highest BCUT2D eigenvalue weighted by molar-refractivity contribution is 6.07. The Kier molecular flexibility index (Phi) is 6.53. The van der Waals surface area contributed by atoms with Gasteiger partial charge in [0.15, 0.2) is 0 Å². The molecule has 0 aliphatic carbocycles. The molecule has 0 bridgehead atoms. The number of alkyl halides is 3. The molecule has 8 nitrogen and oxygen atoms in total. The van der Waals surface area contributed by atoms with Gasteiger partial charge in [-0.3, -0.25) is 14.9 Å². The van der Waals surface area contributed by atoms with E-state index in [9.17, 15) is 22.8 Å². The number of hydrazone groups is 1. The summed E-state index contributed by atoms with van der Waals surface area (Å²) < 4.78 is 43.5. The summed E-state index contributed by atoms with van der Waals surface area (Å²) in [5, 5.41) is 8.76. The standard InChI is InChI=1S/C20H18F3N5O3/c1-31-16-8-3-2-5-12(16)11-24-28-19-26-15(18(30)27-19)10-17(29)25-14-7-4-6-13(9-14)20(21,22)23/h2-9,11,15H,10H2,1H3,(H,25,29)(H2,26,27,28,30)/b24-11-/t15-/m0/s1. The number of hydrogen-bond acceptors (Lipinski definition) is 6. The molecule has 2 amide bonds. The Morgan fingerprint density at radius 1 is 1.26 bits per heavy atom. The maximum Gasteiger partial charge on any atom is 0.416 e. The van der Waals surface area contributed by atoms with E-state index in [1.54, 1.807) is 24.3 Å². The number of halogens is 3. The molecule has 162 valence electrons. The third kappa shape index (κ3) is 5.81. The molecular weight excluding hydrogens is 415 g/mol. The third-order valence-corrected chi connectivity index (χ3v) is 4.19. The predicted octanol–water partition coefficient (Wildman–Crippen LogP) is 2.52. The van der Waals surface area contributed by atoms with Crippen molar-refractivity contribution in [2.75, 3.05) is 12.4 Å². The Morgan fingerprint density at radius 2 is 2.03 bits per heavy atom. The topological polar surface area (TPSA) is 104 Å². The summed E-state index contributed by atoms with van der Waals surface area (Å²) in [5.74, 6) is -0.529. The van der Waals surface area contributed by atoms with Crippen LogP contribution in [0.1, 0.15) is 17.5 Å². The molecule has 0 unspecified atom stereocenters. The number of benzene rings is 2. The fraction of sp³-hybridized carbons (Fsp3) is 0.200. The van der Waals surface area contributed by atoms with Crippen LogP contribution in [0.4, 0.5) is 18.9 Å². The van der Waals surface area contributed by atoms with Crippen molar-refractivity contribution >= 4 is 29.7 Å². The molecule has 0 saturated carbocycles. The molecule has 0 radical (unpaired) electrons. The largest absolute Gasteiger partial charge is 0.496 e. The predicted molar refractivity (Wildman–Crippen MR) is 108 cm³/mol. The lowest BCUT2D eigenvalue weighted by molar-refractivity contribution is -0.137. The number of carbonyl (C=O) groups excluding carboxylic acids is 2. The first kappa shape index (κ1) is 21.8. The molecule has 1 atom stereocenters. The number of nitrogens with zero attached hydrogens (tertiary/aromatic N) is 2. The molecular formula is C20H18F3N5O3. The number of carbonyl (C=O) groups is 2. The molecule has 3 rings (SSSR count). The normalized spacial score (nSPS) is 16.1. The molecule has 2 aromatic rings. The summed E-state index contributed by atoms with van der Waals surface area (Å²) in [5.41, 5.74) is 2.34. The Bertz CT molecular complexity index is 1040. The van der Waals surface area contributed by atoms with Crippen molar-refractivity contribution in [1.82, 2.24) is 10.7 Å². The Morgan fingerprint density at radius 3 is 2.77 bits per heavy atom. The molecule has 1 aliphatic rings. The molecule has 31 heavy (non-hydrogen) atoms. The summed E-state index contributed by atoms with van der Waals surface area (Å²) in [6, 6.07) is 10.3. The number of hydrogen-bond donors (Lipinski definition) is 3. The number of nitrogens with one attached hydrogen (secondary N) is 3. The van der Waals surface area contributed by atoms with Crippen LogP contribution in [0.5, 0.6) is 5.75 Å². The van der Waals surface area contributed by atoms with Crippen molar-refractivity contribution < 1.29 is 27.5 Å². The van der Waals surface area contributed by atoms with E-state index in [1.165, 1.54) is 25.5 Å². The maximum absolute atomic E-state index is 12.8. The van der Waals surface area contributed by atoms with Crippen molar-refractivity contribution in [3.63, 3.8) is 0 Å². The fourth-order valence-corrected chi connectivity index (χ4v) is 2.74. The minimum Gasteiger partial charge on any atom is -0.496 e. The van der Waals surface area contributed by atoms with E-state index in [0.717, 1.165) is 12.1 Å². The van der Waals surface area contributed by atoms with Crippen molar-refractivity contribution in [3.05, 3.63) is 59.7 Å². The van der Waals surface area contributed by atoms with Gasteiger partial charge in [-0.25, -0.2) is 10.4 Å². The minimum absolute atomic E-state index is 0.0260. The average Bonchev–Trinajstić information content (AvgIpc) is 3.06. The van der Waals surface area contributed by atoms with Crippen LogP contribution in [0.3, 0.4) is 0 Å². The molecule has 0 fully saturated rings. The van der Waals surface area contributed by atoms with Crippen LogP contribution in [0.2, 0.25) is 0 Å². The zero-order valence-electron chi connectivity index (χ0n) is 16.2. The van der Waals surface area contributed by atoms with Gasteiger partial charge in [0.1, 0.15) is 11.8 Å². The van der Waals surface area contributed by atoms with E-state index >= 15 is 0 Å². The van der Waals surface area contributed by atoms with Crippen LogP contribution >= 0.6 is 0 Å². The number of aliphatic imine (C=N–C) groups is 1. The zero-order chi connectivity index (χ0) is 22.4. The molecule has 0 spiro atoms. The SMILES string of the molecule is COc1ccccc1/C=N\NC1=N[C@@H](CC(=O)Nc2cccc(C(F)(F)F)c2)C(=O)N1. The van der Waals surface area contributed by atoms with E-state index < -0.39 is 29.6 Å². The highest BCUT2D eigenvalue weighted by Gasteiger charge is 2.31. The van der Waals surface area contributed by atoms with E-state index in [-0.39, 0.29) is 18.1 Å². The zero-order valence-corrected chi connectivity index (χ0v) is 16.2. The van der Waals surface area contributed by atoms with Gasteiger partial charge in [0.2, 0.25) is 11.9 Å². The molecule has 1 aliphatic heterocycles. The van der Waals surface area contributed by atoms with E-state index in [2.05, 4.69) is 26.2 Å². The quantitative estimate of drug-likeness (QED) is 0.481. The number of anilines is 1. The van der Waals surface area contributed by atoms with Gasteiger partial charge >= 0.3 is 6.18 Å². The van der Waals surface area contributed by atoms with Gasteiger partial charge in [-0.05, 0) is 30.3 Å². The first-order chi connectivity index (χ1) is 14.8. The van der Waals surface area contributed by atoms with Crippen LogP contribution in [-0.4, -0.2) is 37.1 Å². The average molecular weight is 433 g/mol. The third-order valence-electron chi connectivity index (χ3n) is 4.19. The first-order valence-corrected chi connectivity index (χ1v) is 9.04. The van der Waals surface area contributed by atoms with E-state index in [0.29, 0.717) is 11.3 Å². The Hall–Kier alpha value is -3.89. The van der Waals surface area contributed by atoms with Gasteiger partial charge in [0, 0.05) is 11.3 Å². The van der Waals surface area contributed by atoms with E-state index in [4.69, 9.17) is 4.74 Å². The summed E-state index contributed by atoms with van der Waals surface area (Å²) in [6.45, 7) is 0. The van der Waals surface area contributed by atoms with Crippen molar-refractivity contribution in [3.8, 4) is 5.75 Å². The molecule has 0 saturated heterocycles. The highest BCUT2D eigenvalue weighted by Crippen LogP contribution is 2.30. The van der Waals surface area contributed by atoms with Crippen LogP contribution in [0.25, 0.3) is 0 Å². The van der Waals surface area contributed by atoms with Crippen LogP contribution < -0.4 is 20.8 Å². The maximum atomic E-state index is 12.8. The second kappa shape index (κ2) is 9.28. The summed E-state index contributed by atoms with van der Waals surface area (Å²) in [4.78, 5) is 28.2. The Labute approximate surface area is 175 Å². The molecule has 3 N–H and O–H groups in total. The van der Waals surface area contributed by atoms with Gasteiger partial charge in [0.05, 0.1) is 25.3 Å². The lowest BCUT2D eigenvalue weighted by atomic mass is 10.1. The van der Waals surface area contributed by atoms with Gasteiger partial charge < -0.3 is 10.1 Å². The summed E-state index contributed by atoms with van der Waals surface area (Å²) in [6.07, 6.45) is -3.40. The smallest absolute Gasteiger partial charge is 0.416 e. The lowest BCUT2D eigenvalue weighted by Crippen LogP contribution is -2.35. The molecule has 1 heterocycles. The van der Waals surface area contributed by atoms with Crippen LogP contribution in [-0.2, 0) is 15.8 Å². The summed E-state index contributed by atoms with van der Waals surface area (Å²) in [7, 11) is 1.52. The van der Waals surface area contributed by atoms with Crippen molar-refractivity contribution in [2.24, 2.45) is 10.1 Å². The summed E-state index contributed by atoms with van der Waals surface area (Å²) >= 11 is 0. The molecule has 0 aromatic heterocycles. The van der Waals surface area contributed by atoms with E-state index in [1.807, 2.05) is 0 Å². The number of ether oxygens (including phenoxy) is 1. The first-order valence-electron chi connectivity index (χ1n) is 9.04. The molecule has 11 heteroatoms. The van der Waals surface area contributed by atoms with Crippen molar-refractivity contribution in [2.45, 2.75) is 18.6 Å². The fourth-order valence-electron chi connectivity index (χ4n) is 2.74. The van der Waals surface area contributed by atoms with Gasteiger partial charge in [-0.15, -0.1) is 0 Å². The van der Waals surface area contributed by atoms with Gasteiger partial charge in [-0.2, -0.15) is 18.3 Å². The van der Waals surface area contributed by atoms with Gasteiger partial charge in [-0.1, -0.05) is 18.2 Å². The number of amides is 2. The number of rotatable bonds is 6. The highest BCUT2D eigenvalue weighted by atomic mass is 19.4. The number of guanidine groups is 1. The lowest BCUT2D eigenvalue weighted by Gasteiger charge is -2.10. The Balaban J connectivity index is 1.58. The van der Waals surface area contributed by atoms with Crippen LogP contribution in [0, 0.1) is 0 Å². The van der Waals surface area contributed by atoms with Crippen molar-refractivity contribution in [1.29, 1.82) is 0 Å². The van der Waals surface area contributed by atoms with Crippen LogP contribution in [0.15, 0.2) is 58.6 Å². The second-order valence-electron chi connectivity index (χ2n) is 6.43. The number of para-hydroxylation sites is 1.